The van der Waals surface area contributed by atoms with Gasteiger partial charge in [0, 0.05) is 25.0 Å². The summed E-state index contributed by atoms with van der Waals surface area (Å²) in [5.74, 6) is 1.35. The fourth-order valence-electron chi connectivity index (χ4n) is 4.62. The molecule has 0 bridgehead atoms. The Bertz CT molecular complexity index is 1430. The number of aryl methyl sites for hydroxylation is 1. The van der Waals surface area contributed by atoms with Crippen LogP contribution in [0.25, 0.3) is 22.1 Å². The first-order chi connectivity index (χ1) is 18.2. The number of carbonyl (C=O) groups is 1. The third kappa shape index (κ3) is 5.32. The molecular weight excluding hydrogens is 470 g/mol. The van der Waals surface area contributed by atoms with Gasteiger partial charge >= 0.3 is 0 Å². The molecule has 1 aliphatic heterocycles. The van der Waals surface area contributed by atoms with Gasteiger partial charge in [-0.05, 0) is 55.5 Å². The topological polar surface area (TPSA) is 107 Å². The standard InChI is InChI=1S/C27H31N7O3/c1-3-13-34-21-10-6-5-9-20(21)25-26(34)29-27(32-30-25)31-28-17-19-11-12-22(23(16-19)36-2)37-18-24(35)33-14-7-4-8-15-33/h5-6,9-12,16-17H,3-4,7-8,13-15,18H2,1-2H3,(H,29,31,32)/b28-17+. The van der Waals surface area contributed by atoms with Gasteiger partial charge in [0.25, 0.3) is 11.9 Å². The molecule has 5 rings (SSSR count). The van der Waals surface area contributed by atoms with Crippen LogP contribution in [0.5, 0.6) is 11.5 Å². The van der Waals surface area contributed by atoms with Gasteiger partial charge in [0.1, 0.15) is 5.52 Å². The highest BCUT2D eigenvalue weighted by atomic mass is 16.5. The zero-order valence-corrected chi connectivity index (χ0v) is 21.2. The van der Waals surface area contributed by atoms with Gasteiger partial charge in [-0.2, -0.15) is 10.1 Å². The van der Waals surface area contributed by atoms with Crippen LogP contribution < -0.4 is 14.9 Å². The lowest BCUT2D eigenvalue weighted by molar-refractivity contribution is -0.134. The summed E-state index contributed by atoms with van der Waals surface area (Å²) in [4.78, 5) is 18.9. The first-order valence-electron chi connectivity index (χ1n) is 12.7. The van der Waals surface area contributed by atoms with Gasteiger partial charge in [-0.1, -0.05) is 25.1 Å². The maximum absolute atomic E-state index is 12.4. The van der Waals surface area contributed by atoms with E-state index >= 15 is 0 Å². The molecule has 1 fully saturated rings. The number of aromatic nitrogens is 4. The average Bonchev–Trinajstić information content (AvgIpc) is 3.25. The third-order valence-electron chi connectivity index (χ3n) is 6.45. The number of piperidine rings is 1. The quantitative estimate of drug-likeness (QED) is 0.270. The van der Waals surface area contributed by atoms with E-state index in [-0.39, 0.29) is 12.5 Å². The molecule has 1 aliphatic rings. The van der Waals surface area contributed by atoms with Crippen LogP contribution >= 0.6 is 0 Å². The fraction of sp³-hybridized carbons (Fsp3) is 0.370. The van der Waals surface area contributed by atoms with Crippen molar-refractivity contribution in [1.82, 2.24) is 24.6 Å². The van der Waals surface area contributed by atoms with Crippen LogP contribution in [0.3, 0.4) is 0 Å². The molecule has 1 amide bonds. The van der Waals surface area contributed by atoms with Crippen LogP contribution in [0.2, 0.25) is 0 Å². The highest BCUT2D eigenvalue weighted by Gasteiger charge is 2.18. The Morgan fingerprint density at radius 3 is 2.76 bits per heavy atom. The molecule has 0 radical (unpaired) electrons. The van der Waals surface area contributed by atoms with Gasteiger partial charge < -0.3 is 18.9 Å². The molecular formula is C27H31N7O3. The van der Waals surface area contributed by atoms with Crippen LogP contribution in [0.15, 0.2) is 47.6 Å². The molecule has 0 aliphatic carbocycles. The van der Waals surface area contributed by atoms with Crippen molar-refractivity contribution in [2.45, 2.75) is 39.2 Å². The van der Waals surface area contributed by atoms with E-state index in [0.717, 1.165) is 66.5 Å². The van der Waals surface area contributed by atoms with Gasteiger partial charge in [0.15, 0.2) is 23.8 Å². The number of para-hydroxylation sites is 1. The van der Waals surface area contributed by atoms with Crippen molar-refractivity contribution in [3.05, 3.63) is 48.0 Å². The molecule has 192 valence electrons. The number of benzene rings is 2. The molecule has 37 heavy (non-hydrogen) atoms. The second-order valence-electron chi connectivity index (χ2n) is 8.99. The molecule has 1 N–H and O–H groups in total. The minimum atomic E-state index is -0.00701. The SMILES string of the molecule is CCCn1c2ccccc2c2nnc(N/N=C/c3ccc(OCC(=O)N4CCCCC4)c(OC)c3)nc21. The van der Waals surface area contributed by atoms with Crippen molar-refractivity contribution < 1.29 is 14.3 Å². The number of hydrogen-bond donors (Lipinski definition) is 1. The van der Waals surface area contributed by atoms with E-state index in [1.54, 1.807) is 25.5 Å². The Morgan fingerprint density at radius 1 is 1.11 bits per heavy atom. The van der Waals surface area contributed by atoms with Gasteiger partial charge in [0.05, 0.1) is 18.8 Å². The average molecular weight is 502 g/mol. The van der Waals surface area contributed by atoms with Crippen molar-refractivity contribution in [3.8, 4) is 11.5 Å². The summed E-state index contributed by atoms with van der Waals surface area (Å²) in [5, 5.41) is 13.9. The summed E-state index contributed by atoms with van der Waals surface area (Å²) in [6, 6.07) is 13.5. The van der Waals surface area contributed by atoms with E-state index in [1.165, 1.54) is 6.42 Å². The van der Waals surface area contributed by atoms with Crippen LogP contribution in [-0.2, 0) is 11.3 Å². The van der Waals surface area contributed by atoms with Gasteiger partial charge in [-0.3, -0.25) is 4.79 Å². The van der Waals surface area contributed by atoms with Crippen LogP contribution in [0.4, 0.5) is 5.95 Å². The molecule has 0 atom stereocenters. The van der Waals surface area contributed by atoms with E-state index < -0.39 is 0 Å². The van der Waals surface area contributed by atoms with Gasteiger partial charge in [0.2, 0.25) is 0 Å². The van der Waals surface area contributed by atoms with Crippen molar-refractivity contribution in [1.29, 1.82) is 0 Å². The molecule has 3 heterocycles. The number of amides is 1. The number of fused-ring (bicyclic) bond motifs is 3. The van der Waals surface area contributed by atoms with Gasteiger partial charge in [-0.15, -0.1) is 10.2 Å². The van der Waals surface area contributed by atoms with E-state index in [9.17, 15) is 4.79 Å². The molecule has 10 heteroatoms. The Hall–Kier alpha value is -4.21. The van der Waals surface area contributed by atoms with E-state index in [4.69, 9.17) is 9.47 Å². The highest BCUT2D eigenvalue weighted by Crippen LogP contribution is 2.28. The number of anilines is 1. The zero-order chi connectivity index (χ0) is 25.6. The van der Waals surface area contributed by atoms with Crippen molar-refractivity contribution in [3.63, 3.8) is 0 Å². The van der Waals surface area contributed by atoms with Crippen LogP contribution in [0, 0.1) is 0 Å². The lowest BCUT2D eigenvalue weighted by atomic mass is 10.1. The Morgan fingerprint density at radius 2 is 1.95 bits per heavy atom. The third-order valence-corrected chi connectivity index (χ3v) is 6.45. The second kappa shape index (κ2) is 11.2. The monoisotopic (exact) mass is 501 g/mol. The molecule has 10 nitrogen and oxygen atoms in total. The summed E-state index contributed by atoms with van der Waals surface area (Å²) in [5.41, 5.74) is 6.31. The molecule has 4 aromatic rings. The Kier molecular flexibility index (Phi) is 7.43. The maximum Gasteiger partial charge on any atom is 0.265 e. The van der Waals surface area contributed by atoms with Crippen molar-refractivity contribution >= 4 is 40.1 Å². The Balaban J connectivity index is 1.27. The number of nitrogens with one attached hydrogen (secondary N) is 1. The summed E-state index contributed by atoms with van der Waals surface area (Å²) >= 11 is 0. The lowest BCUT2D eigenvalue weighted by Crippen LogP contribution is -2.38. The van der Waals surface area contributed by atoms with E-state index in [0.29, 0.717) is 17.4 Å². The Labute approximate surface area is 215 Å². The minimum Gasteiger partial charge on any atom is -0.493 e. The highest BCUT2D eigenvalue weighted by molar-refractivity contribution is 6.04. The zero-order valence-electron chi connectivity index (χ0n) is 21.2. The van der Waals surface area contributed by atoms with Crippen molar-refractivity contribution in [2.24, 2.45) is 5.10 Å². The van der Waals surface area contributed by atoms with Crippen molar-refractivity contribution in [2.75, 3.05) is 32.2 Å². The summed E-state index contributed by atoms with van der Waals surface area (Å²) in [6.07, 6.45) is 5.90. The number of ether oxygens (including phenoxy) is 2. The number of rotatable bonds is 9. The van der Waals surface area contributed by atoms with E-state index in [1.807, 2.05) is 29.2 Å². The van der Waals surface area contributed by atoms with Crippen LogP contribution in [0.1, 0.15) is 38.2 Å². The molecule has 2 aromatic heterocycles. The normalized spacial score (nSPS) is 13.9. The number of carbonyl (C=O) groups excluding carboxylic acids is 1. The largest absolute Gasteiger partial charge is 0.493 e. The summed E-state index contributed by atoms with van der Waals surface area (Å²) in [7, 11) is 1.57. The predicted octanol–water partition coefficient (Wildman–Crippen LogP) is 4.24. The maximum atomic E-state index is 12.4. The van der Waals surface area contributed by atoms with Gasteiger partial charge in [-0.25, -0.2) is 5.43 Å². The van der Waals surface area contributed by atoms with E-state index in [2.05, 4.69) is 43.3 Å². The number of hydrogen-bond acceptors (Lipinski definition) is 8. The number of nitrogens with zero attached hydrogens (tertiary/aromatic N) is 6. The first-order valence-corrected chi connectivity index (χ1v) is 12.7. The first kappa shape index (κ1) is 24.5. The summed E-state index contributed by atoms with van der Waals surface area (Å²) in [6.45, 7) is 4.57. The predicted molar refractivity (Wildman–Crippen MR) is 143 cm³/mol. The number of methoxy groups -OCH3 is 1. The fourth-order valence-corrected chi connectivity index (χ4v) is 4.62. The molecule has 0 saturated carbocycles. The number of hydrazone groups is 1. The smallest absolute Gasteiger partial charge is 0.265 e. The molecule has 2 aromatic carbocycles. The van der Waals surface area contributed by atoms with Crippen LogP contribution in [-0.4, -0.2) is 63.6 Å². The summed E-state index contributed by atoms with van der Waals surface area (Å²) < 4.78 is 13.4. The molecule has 0 unspecified atom stereocenters. The second-order valence-corrected chi connectivity index (χ2v) is 8.99. The molecule has 0 spiro atoms. The number of likely N-dealkylation sites (tertiary alicyclic amines) is 1. The lowest BCUT2D eigenvalue weighted by Gasteiger charge is -2.26. The molecule has 1 saturated heterocycles. The minimum absolute atomic E-state index is 0.000136.